The van der Waals surface area contributed by atoms with E-state index in [-0.39, 0.29) is 0 Å². The molecule has 0 atom stereocenters. The van der Waals surface area contributed by atoms with Crippen molar-refractivity contribution in [2.75, 3.05) is 4.90 Å². The maximum absolute atomic E-state index is 6.62. The third-order valence-corrected chi connectivity index (χ3v) is 9.50. The van der Waals surface area contributed by atoms with Crippen molar-refractivity contribution in [1.82, 2.24) is 0 Å². The van der Waals surface area contributed by atoms with E-state index in [1.54, 1.807) is 0 Å². The molecule has 50 heavy (non-hydrogen) atoms. The van der Waals surface area contributed by atoms with Crippen LogP contribution in [-0.4, -0.2) is 0 Å². The molecule has 1 heterocycles. The minimum Gasteiger partial charge on any atom is -0.454 e. The molecule has 0 spiro atoms. The number of fused-ring (bicyclic) bond motifs is 3. The Labute approximate surface area is 292 Å². The number of hydrogen-bond donors (Lipinski definition) is 0. The van der Waals surface area contributed by atoms with Gasteiger partial charge in [-0.3, -0.25) is 0 Å². The summed E-state index contributed by atoms with van der Waals surface area (Å²) in [5.74, 6) is 0. The van der Waals surface area contributed by atoms with Crippen LogP contribution < -0.4 is 4.90 Å². The van der Waals surface area contributed by atoms with E-state index >= 15 is 0 Å². The van der Waals surface area contributed by atoms with Crippen molar-refractivity contribution in [2.24, 2.45) is 0 Å². The summed E-state index contributed by atoms with van der Waals surface area (Å²) in [6.45, 7) is 0. The molecule has 9 rings (SSSR count). The van der Waals surface area contributed by atoms with Crippen molar-refractivity contribution in [3.63, 3.8) is 0 Å². The standard InChI is InChI=1S/C48H33NO/c1-4-17-34(18-5-1)36-31-32-38(35-19-6-2-7-20-35)44(33-36)40-24-11-10-23-39(40)41-25-12-14-28-45(41)49(37-21-8-3-9-22-37)46-29-16-27-43-42-26-13-15-30-47(42)50-48(43)46/h1-33H. The number of benzene rings is 8. The van der Waals surface area contributed by atoms with E-state index < -0.39 is 0 Å². The minimum atomic E-state index is 0.863. The predicted molar refractivity (Wildman–Crippen MR) is 210 cm³/mol. The molecule has 0 aliphatic rings. The highest BCUT2D eigenvalue weighted by Crippen LogP contribution is 2.48. The van der Waals surface area contributed by atoms with Crippen LogP contribution >= 0.6 is 0 Å². The molecule has 2 heteroatoms. The molecular formula is C48H33NO. The summed E-state index contributed by atoms with van der Waals surface area (Å²) >= 11 is 0. The monoisotopic (exact) mass is 639 g/mol. The summed E-state index contributed by atoms with van der Waals surface area (Å²) in [6.07, 6.45) is 0. The number of nitrogens with zero attached hydrogens (tertiary/aromatic N) is 1. The highest BCUT2D eigenvalue weighted by atomic mass is 16.3. The summed E-state index contributed by atoms with van der Waals surface area (Å²) in [6, 6.07) is 71.0. The highest BCUT2D eigenvalue weighted by molar-refractivity contribution is 6.11. The molecule has 0 N–H and O–H groups in total. The van der Waals surface area contributed by atoms with Gasteiger partial charge in [-0.15, -0.1) is 0 Å². The fourth-order valence-electron chi connectivity index (χ4n) is 7.19. The SMILES string of the molecule is c1ccc(-c2ccc(-c3ccccc3)c(-c3ccccc3-c3ccccc3N(c3ccccc3)c3cccc4c3oc3ccccc34)c2)cc1. The molecule has 1 aromatic heterocycles. The van der Waals surface area contributed by atoms with Gasteiger partial charge in [-0.05, 0) is 75.3 Å². The van der Waals surface area contributed by atoms with Crippen LogP contribution in [0.15, 0.2) is 205 Å². The Morgan fingerprint density at radius 1 is 0.320 bits per heavy atom. The summed E-state index contributed by atoms with van der Waals surface area (Å²) in [5, 5.41) is 2.21. The number of hydrogen-bond acceptors (Lipinski definition) is 2. The molecule has 0 saturated heterocycles. The van der Waals surface area contributed by atoms with Crippen LogP contribution in [0.1, 0.15) is 0 Å². The van der Waals surface area contributed by atoms with E-state index in [2.05, 4.69) is 193 Å². The number of para-hydroxylation sites is 4. The van der Waals surface area contributed by atoms with Crippen molar-refractivity contribution in [3.05, 3.63) is 200 Å². The molecule has 2 nitrogen and oxygen atoms in total. The van der Waals surface area contributed by atoms with Crippen LogP contribution in [0.5, 0.6) is 0 Å². The maximum atomic E-state index is 6.62. The zero-order valence-corrected chi connectivity index (χ0v) is 27.4. The van der Waals surface area contributed by atoms with Gasteiger partial charge < -0.3 is 9.32 Å². The zero-order chi connectivity index (χ0) is 33.3. The van der Waals surface area contributed by atoms with Crippen molar-refractivity contribution >= 4 is 39.0 Å². The first kappa shape index (κ1) is 29.5. The Balaban J connectivity index is 1.29. The second-order valence-electron chi connectivity index (χ2n) is 12.5. The average Bonchev–Trinajstić information content (AvgIpc) is 3.59. The smallest absolute Gasteiger partial charge is 0.159 e. The van der Waals surface area contributed by atoms with Gasteiger partial charge in [0, 0.05) is 22.0 Å². The third-order valence-electron chi connectivity index (χ3n) is 9.50. The molecule has 0 fully saturated rings. The van der Waals surface area contributed by atoms with Gasteiger partial charge in [0.2, 0.25) is 0 Å². The van der Waals surface area contributed by atoms with E-state index in [0.717, 1.165) is 50.1 Å². The molecule has 0 aliphatic carbocycles. The van der Waals surface area contributed by atoms with Crippen LogP contribution in [0.2, 0.25) is 0 Å². The Bertz CT molecular complexity index is 2590. The lowest BCUT2D eigenvalue weighted by atomic mass is 9.87. The Kier molecular flexibility index (Phi) is 7.53. The molecule has 236 valence electrons. The molecule has 0 radical (unpaired) electrons. The summed E-state index contributed by atoms with van der Waals surface area (Å²) < 4.78 is 6.62. The van der Waals surface area contributed by atoms with Crippen molar-refractivity contribution < 1.29 is 4.42 Å². The van der Waals surface area contributed by atoms with Crippen LogP contribution in [0.4, 0.5) is 17.1 Å². The molecular weight excluding hydrogens is 607 g/mol. The second kappa shape index (κ2) is 12.8. The Morgan fingerprint density at radius 2 is 0.880 bits per heavy atom. The fraction of sp³-hybridized carbons (Fsp3) is 0. The first-order valence-corrected chi connectivity index (χ1v) is 17.0. The maximum Gasteiger partial charge on any atom is 0.159 e. The fourth-order valence-corrected chi connectivity index (χ4v) is 7.19. The summed E-state index contributed by atoms with van der Waals surface area (Å²) in [5.41, 5.74) is 14.3. The van der Waals surface area contributed by atoms with Crippen LogP contribution in [0.25, 0.3) is 66.4 Å². The topological polar surface area (TPSA) is 16.4 Å². The Hall–Kier alpha value is -6.64. The van der Waals surface area contributed by atoms with Crippen LogP contribution in [-0.2, 0) is 0 Å². The largest absolute Gasteiger partial charge is 0.454 e. The van der Waals surface area contributed by atoms with E-state index in [9.17, 15) is 0 Å². The van der Waals surface area contributed by atoms with Crippen molar-refractivity contribution in [1.29, 1.82) is 0 Å². The molecule has 0 bridgehead atoms. The van der Waals surface area contributed by atoms with Gasteiger partial charge in [0.25, 0.3) is 0 Å². The molecule has 9 aromatic rings. The van der Waals surface area contributed by atoms with Gasteiger partial charge in [-0.2, -0.15) is 0 Å². The average molecular weight is 640 g/mol. The normalized spacial score (nSPS) is 11.2. The lowest BCUT2D eigenvalue weighted by Crippen LogP contribution is -2.11. The number of anilines is 3. The van der Waals surface area contributed by atoms with Crippen LogP contribution in [0, 0.1) is 0 Å². The van der Waals surface area contributed by atoms with Gasteiger partial charge in [-0.25, -0.2) is 0 Å². The van der Waals surface area contributed by atoms with Gasteiger partial charge in [0.1, 0.15) is 5.58 Å². The van der Waals surface area contributed by atoms with E-state index in [0.29, 0.717) is 0 Å². The quantitative estimate of drug-likeness (QED) is 0.173. The molecule has 0 unspecified atom stereocenters. The summed E-state index contributed by atoms with van der Waals surface area (Å²) in [4.78, 5) is 2.34. The van der Waals surface area contributed by atoms with Gasteiger partial charge in [0.05, 0.1) is 11.4 Å². The van der Waals surface area contributed by atoms with E-state index in [1.165, 1.54) is 33.4 Å². The third kappa shape index (κ3) is 5.24. The first-order chi connectivity index (χ1) is 24.8. The molecule has 0 amide bonds. The number of furan rings is 1. The van der Waals surface area contributed by atoms with Gasteiger partial charge in [-0.1, -0.05) is 164 Å². The lowest BCUT2D eigenvalue weighted by molar-refractivity contribution is 0.669. The van der Waals surface area contributed by atoms with Gasteiger partial charge >= 0.3 is 0 Å². The minimum absolute atomic E-state index is 0.863. The Morgan fingerprint density at radius 3 is 1.64 bits per heavy atom. The van der Waals surface area contributed by atoms with Crippen molar-refractivity contribution in [3.8, 4) is 44.5 Å². The predicted octanol–water partition coefficient (Wildman–Crippen LogP) is 13.7. The molecule has 8 aromatic carbocycles. The lowest BCUT2D eigenvalue weighted by Gasteiger charge is -2.28. The van der Waals surface area contributed by atoms with E-state index in [4.69, 9.17) is 4.42 Å². The highest BCUT2D eigenvalue weighted by Gasteiger charge is 2.23. The van der Waals surface area contributed by atoms with Crippen LogP contribution in [0.3, 0.4) is 0 Å². The number of rotatable bonds is 7. The molecule has 0 saturated carbocycles. The summed E-state index contributed by atoms with van der Waals surface area (Å²) in [7, 11) is 0. The second-order valence-corrected chi connectivity index (χ2v) is 12.5. The van der Waals surface area contributed by atoms with Gasteiger partial charge in [0.15, 0.2) is 5.58 Å². The van der Waals surface area contributed by atoms with E-state index in [1.807, 2.05) is 12.1 Å². The molecule has 0 aliphatic heterocycles. The van der Waals surface area contributed by atoms with Crippen molar-refractivity contribution in [2.45, 2.75) is 0 Å². The first-order valence-electron chi connectivity index (χ1n) is 17.0. The zero-order valence-electron chi connectivity index (χ0n) is 27.4.